The average molecular weight is 453 g/mol. The first kappa shape index (κ1) is 22.6. The number of benzene rings is 1. The van der Waals surface area contributed by atoms with Crippen LogP contribution < -0.4 is 11.2 Å². The predicted octanol–water partition coefficient (Wildman–Crippen LogP) is 3.25. The van der Waals surface area contributed by atoms with Crippen LogP contribution in [0.25, 0.3) is 10.9 Å². The predicted molar refractivity (Wildman–Crippen MR) is 119 cm³/mol. The molecule has 8 nitrogen and oxygen atoms in total. The fourth-order valence-electron chi connectivity index (χ4n) is 4.60. The summed E-state index contributed by atoms with van der Waals surface area (Å²) in [6.45, 7) is 0. The standard InChI is InChI=1S/C24H24FN3O5/c25-15-9-10-18-17(12-15)22(30)28(24(33)27-18)20(11-14-5-2-1-3-6-14)21(29)13-16-7-4-8-19(26-16)23(31)32/h4,7-10,12,14,20H,1-3,5-6,11,13H2,(H,27,33)(H,31,32). The second kappa shape index (κ2) is 9.48. The van der Waals surface area contributed by atoms with Crippen LogP contribution in [-0.4, -0.2) is 31.4 Å². The van der Waals surface area contributed by atoms with Crippen LogP contribution in [-0.2, 0) is 11.2 Å². The van der Waals surface area contributed by atoms with Gasteiger partial charge in [-0.3, -0.25) is 9.59 Å². The lowest BCUT2D eigenvalue weighted by Gasteiger charge is -2.26. The number of halogens is 1. The zero-order valence-corrected chi connectivity index (χ0v) is 17.9. The fraction of sp³-hybridized carbons (Fsp3) is 0.375. The molecule has 4 rings (SSSR count). The first-order chi connectivity index (χ1) is 15.8. The van der Waals surface area contributed by atoms with Crippen LogP contribution in [0, 0.1) is 11.7 Å². The maximum atomic E-state index is 13.8. The number of fused-ring (bicyclic) bond motifs is 1. The Bertz CT molecular complexity index is 1320. The highest BCUT2D eigenvalue weighted by Gasteiger charge is 2.29. The van der Waals surface area contributed by atoms with Gasteiger partial charge in [0.1, 0.15) is 17.6 Å². The molecule has 33 heavy (non-hydrogen) atoms. The number of carbonyl (C=O) groups excluding carboxylic acids is 1. The van der Waals surface area contributed by atoms with Gasteiger partial charge in [0.05, 0.1) is 17.3 Å². The van der Waals surface area contributed by atoms with Crippen molar-refractivity contribution < 1.29 is 19.1 Å². The van der Waals surface area contributed by atoms with E-state index in [0.717, 1.165) is 48.8 Å². The third kappa shape index (κ3) is 4.92. The van der Waals surface area contributed by atoms with Crippen molar-refractivity contribution in [3.8, 4) is 0 Å². The summed E-state index contributed by atoms with van der Waals surface area (Å²) in [7, 11) is 0. The lowest BCUT2D eigenvalue weighted by atomic mass is 9.83. The second-order valence-electron chi connectivity index (χ2n) is 8.51. The first-order valence-electron chi connectivity index (χ1n) is 11.0. The molecule has 1 fully saturated rings. The van der Waals surface area contributed by atoms with Crippen LogP contribution in [0.2, 0.25) is 0 Å². The Balaban J connectivity index is 1.76. The maximum absolute atomic E-state index is 13.8. The van der Waals surface area contributed by atoms with Crippen LogP contribution in [0.3, 0.4) is 0 Å². The summed E-state index contributed by atoms with van der Waals surface area (Å²) in [5, 5.41) is 9.16. The molecule has 9 heteroatoms. The van der Waals surface area contributed by atoms with E-state index in [9.17, 15) is 28.7 Å². The molecular weight excluding hydrogens is 429 g/mol. The second-order valence-corrected chi connectivity index (χ2v) is 8.51. The third-order valence-electron chi connectivity index (χ3n) is 6.24. The molecule has 2 heterocycles. The van der Waals surface area contributed by atoms with Gasteiger partial charge in [-0.15, -0.1) is 0 Å². The summed E-state index contributed by atoms with van der Waals surface area (Å²) in [5.74, 6) is -2.09. The third-order valence-corrected chi connectivity index (χ3v) is 6.24. The van der Waals surface area contributed by atoms with Gasteiger partial charge in [0.15, 0.2) is 5.78 Å². The number of ketones is 1. The number of rotatable bonds is 7. The highest BCUT2D eigenvalue weighted by Crippen LogP contribution is 2.31. The Hall–Kier alpha value is -3.62. The Morgan fingerprint density at radius 3 is 2.64 bits per heavy atom. The van der Waals surface area contributed by atoms with Gasteiger partial charge in [0.2, 0.25) is 0 Å². The number of hydrogen-bond donors (Lipinski definition) is 2. The molecule has 1 atom stereocenters. The van der Waals surface area contributed by atoms with Gasteiger partial charge in [-0.1, -0.05) is 38.2 Å². The molecule has 2 N–H and O–H groups in total. The van der Waals surface area contributed by atoms with E-state index >= 15 is 0 Å². The van der Waals surface area contributed by atoms with Crippen LogP contribution in [0.1, 0.15) is 60.7 Å². The normalized spacial score (nSPS) is 15.4. The minimum Gasteiger partial charge on any atom is -0.477 e. The van der Waals surface area contributed by atoms with Gasteiger partial charge in [-0.05, 0) is 42.7 Å². The minimum atomic E-state index is -1.22. The number of H-pyrrole nitrogens is 1. The Morgan fingerprint density at radius 2 is 1.91 bits per heavy atom. The SMILES string of the molecule is O=C(O)c1cccc(CC(=O)C(CC2CCCCC2)n2c(=O)[nH]c3ccc(F)cc3c2=O)n1. The van der Waals surface area contributed by atoms with Crippen LogP contribution >= 0.6 is 0 Å². The molecule has 3 aromatic rings. The average Bonchev–Trinajstić information content (AvgIpc) is 2.80. The lowest BCUT2D eigenvalue weighted by molar-refractivity contribution is -0.122. The van der Waals surface area contributed by atoms with E-state index in [4.69, 9.17) is 0 Å². The molecule has 0 saturated heterocycles. The molecule has 0 bridgehead atoms. The highest BCUT2D eigenvalue weighted by atomic mass is 19.1. The molecule has 0 aliphatic heterocycles. The quantitative estimate of drug-likeness (QED) is 0.566. The first-order valence-corrected chi connectivity index (χ1v) is 11.0. The number of Topliss-reactive ketones (excluding diaryl/α,β-unsaturated/α-hetero) is 1. The summed E-state index contributed by atoms with van der Waals surface area (Å²) in [6.07, 6.45) is 5.00. The van der Waals surface area contributed by atoms with E-state index in [0.29, 0.717) is 6.42 Å². The summed E-state index contributed by atoms with van der Waals surface area (Å²) in [5.41, 5.74) is -1.22. The summed E-state index contributed by atoms with van der Waals surface area (Å²) in [6, 6.07) is 6.79. The van der Waals surface area contributed by atoms with Crippen molar-refractivity contribution in [3.05, 3.63) is 74.4 Å². The van der Waals surface area contributed by atoms with E-state index < -0.39 is 34.9 Å². The molecule has 0 radical (unpaired) electrons. The van der Waals surface area contributed by atoms with Crippen molar-refractivity contribution in [2.45, 2.75) is 51.0 Å². The van der Waals surface area contributed by atoms with Gasteiger partial charge >= 0.3 is 11.7 Å². The summed E-state index contributed by atoms with van der Waals surface area (Å²) >= 11 is 0. The number of carboxylic acids is 1. The Morgan fingerprint density at radius 1 is 1.15 bits per heavy atom. The lowest BCUT2D eigenvalue weighted by Crippen LogP contribution is -2.42. The van der Waals surface area contributed by atoms with E-state index in [2.05, 4.69) is 9.97 Å². The number of nitrogens with zero attached hydrogens (tertiary/aromatic N) is 2. The molecule has 2 aromatic heterocycles. The molecule has 172 valence electrons. The fourth-order valence-corrected chi connectivity index (χ4v) is 4.60. The number of nitrogens with one attached hydrogen (secondary N) is 1. The van der Waals surface area contributed by atoms with Gasteiger partial charge in [0.25, 0.3) is 5.56 Å². The highest BCUT2D eigenvalue weighted by molar-refractivity contribution is 5.87. The van der Waals surface area contributed by atoms with Crippen molar-refractivity contribution in [2.75, 3.05) is 0 Å². The number of aromatic carboxylic acids is 1. The topological polar surface area (TPSA) is 122 Å². The van der Waals surface area contributed by atoms with Gasteiger partial charge in [-0.25, -0.2) is 23.5 Å². The molecule has 0 amide bonds. The van der Waals surface area contributed by atoms with E-state index in [1.807, 2.05) is 0 Å². The smallest absolute Gasteiger partial charge is 0.354 e. The van der Waals surface area contributed by atoms with Gasteiger partial charge < -0.3 is 10.1 Å². The summed E-state index contributed by atoms with van der Waals surface area (Å²) < 4.78 is 14.7. The zero-order valence-electron chi connectivity index (χ0n) is 17.9. The van der Waals surface area contributed by atoms with Crippen molar-refractivity contribution in [1.29, 1.82) is 0 Å². The number of hydrogen-bond acceptors (Lipinski definition) is 5. The van der Waals surface area contributed by atoms with Crippen molar-refractivity contribution >= 4 is 22.7 Å². The summed E-state index contributed by atoms with van der Waals surface area (Å²) in [4.78, 5) is 57.3. The number of aromatic amines is 1. The van der Waals surface area contributed by atoms with Crippen molar-refractivity contribution in [1.82, 2.24) is 14.5 Å². The van der Waals surface area contributed by atoms with Gasteiger partial charge in [-0.2, -0.15) is 0 Å². The van der Waals surface area contributed by atoms with Crippen LogP contribution in [0.5, 0.6) is 0 Å². The zero-order chi connectivity index (χ0) is 23.5. The molecule has 1 aliphatic carbocycles. The molecule has 0 spiro atoms. The van der Waals surface area contributed by atoms with E-state index in [1.54, 1.807) is 0 Å². The maximum Gasteiger partial charge on any atom is 0.354 e. The monoisotopic (exact) mass is 453 g/mol. The van der Waals surface area contributed by atoms with E-state index in [1.165, 1.54) is 24.3 Å². The minimum absolute atomic E-state index is 0.0120. The number of carbonyl (C=O) groups is 2. The molecule has 1 aromatic carbocycles. The molecule has 1 unspecified atom stereocenters. The molecular formula is C24H24FN3O5. The van der Waals surface area contributed by atoms with Crippen molar-refractivity contribution in [3.63, 3.8) is 0 Å². The van der Waals surface area contributed by atoms with Gasteiger partial charge in [0, 0.05) is 5.69 Å². The van der Waals surface area contributed by atoms with Crippen LogP contribution in [0.4, 0.5) is 4.39 Å². The Kier molecular flexibility index (Phi) is 6.48. The molecule has 1 aliphatic rings. The molecule has 1 saturated carbocycles. The number of pyridine rings is 1. The number of carboxylic acid groups (broad SMARTS) is 1. The number of aromatic nitrogens is 3. The van der Waals surface area contributed by atoms with E-state index in [-0.39, 0.29) is 34.6 Å². The Labute approximate surface area is 188 Å². The van der Waals surface area contributed by atoms with Crippen molar-refractivity contribution in [2.24, 2.45) is 5.92 Å². The largest absolute Gasteiger partial charge is 0.477 e. The van der Waals surface area contributed by atoms with Crippen LogP contribution in [0.15, 0.2) is 46.0 Å².